The number of nitrogens with two attached hydrogens (primary N) is 1. The highest BCUT2D eigenvalue weighted by Gasteiger charge is 2.21. The van der Waals surface area contributed by atoms with Crippen LogP contribution in [0.5, 0.6) is 5.75 Å². The molecule has 0 radical (unpaired) electrons. The second-order valence-electron chi connectivity index (χ2n) is 6.64. The maximum absolute atomic E-state index is 6.10. The van der Waals surface area contributed by atoms with Crippen molar-refractivity contribution in [3.05, 3.63) is 29.8 Å². The quantitative estimate of drug-likeness (QED) is 0.638. The Bertz CT molecular complexity index is 562. The third-order valence-electron chi connectivity index (χ3n) is 4.79. The number of rotatable bonds is 4. The van der Waals surface area contributed by atoms with Gasteiger partial charge in [0.1, 0.15) is 5.75 Å². The molecule has 1 saturated heterocycles. The van der Waals surface area contributed by atoms with Crippen LogP contribution in [0.3, 0.4) is 0 Å². The zero-order valence-corrected chi connectivity index (χ0v) is 14.6. The molecule has 1 fully saturated rings. The molecule has 2 heterocycles. The Morgan fingerprint density at radius 2 is 2.17 bits per heavy atom. The van der Waals surface area contributed by atoms with Crippen molar-refractivity contribution in [2.24, 2.45) is 10.7 Å². The first kappa shape index (κ1) is 17.0. The van der Waals surface area contributed by atoms with Gasteiger partial charge in [-0.1, -0.05) is 18.2 Å². The molecule has 3 N–H and O–H groups in total. The summed E-state index contributed by atoms with van der Waals surface area (Å²) < 4.78 is 5.68. The van der Waals surface area contributed by atoms with Gasteiger partial charge in [-0.2, -0.15) is 0 Å². The first-order valence-corrected chi connectivity index (χ1v) is 8.91. The fourth-order valence-electron chi connectivity index (χ4n) is 3.35. The van der Waals surface area contributed by atoms with Crippen molar-refractivity contribution in [3.8, 4) is 5.75 Å². The third-order valence-corrected chi connectivity index (χ3v) is 4.79. The fraction of sp³-hybridized carbons (Fsp3) is 0.611. The Labute approximate surface area is 144 Å². The first-order valence-electron chi connectivity index (χ1n) is 8.91. The van der Waals surface area contributed by atoms with Crippen molar-refractivity contribution >= 4 is 5.96 Å². The Hall–Kier alpha value is -1.79. The second kappa shape index (κ2) is 8.35. The Morgan fingerprint density at radius 3 is 3.08 bits per heavy atom. The lowest BCUT2D eigenvalue weighted by Gasteiger charge is -2.27. The highest BCUT2D eigenvalue weighted by atomic mass is 16.5. The Morgan fingerprint density at radius 1 is 1.29 bits per heavy atom. The number of hydrogen-bond donors (Lipinski definition) is 2. The normalized spacial score (nSPS) is 23.2. The molecule has 3 rings (SSSR count). The lowest BCUT2D eigenvalue weighted by Crippen LogP contribution is -2.38. The van der Waals surface area contributed by atoms with Gasteiger partial charge in [0.05, 0.1) is 19.2 Å². The van der Waals surface area contributed by atoms with Crippen molar-refractivity contribution in [1.82, 2.24) is 15.1 Å². The number of nitrogens with zero attached hydrogens (tertiary/aromatic N) is 3. The number of aliphatic imine (C=N–C) groups is 1. The predicted molar refractivity (Wildman–Crippen MR) is 97.5 cm³/mol. The summed E-state index contributed by atoms with van der Waals surface area (Å²) in [4.78, 5) is 9.39. The molecule has 2 aliphatic heterocycles. The number of benzene rings is 1. The Kier molecular flexibility index (Phi) is 5.93. The van der Waals surface area contributed by atoms with Gasteiger partial charge in [-0.25, -0.2) is 0 Å². The topological polar surface area (TPSA) is 66.1 Å². The molecule has 0 aliphatic carbocycles. The second-order valence-corrected chi connectivity index (χ2v) is 6.64. The molecule has 2 aliphatic rings. The van der Waals surface area contributed by atoms with Gasteiger partial charge in [0.2, 0.25) is 0 Å². The lowest BCUT2D eigenvalue weighted by molar-refractivity contribution is 0.262. The summed E-state index contributed by atoms with van der Waals surface area (Å²) in [6.45, 7) is 7.02. The molecule has 0 amide bonds. The summed E-state index contributed by atoms with van der Waals surface area (Å²) in [5.41, 5.74) is 7.27. The molecule has 1 aromatic carbocycles. The molecule has 0 saturated carbocycles. The van der Waals surface area contributed by atoms with Crippen molar-refractivity contribution in [1.29, 1.82) is 0 Å². The van der Waals surface area contributed by atoms with Crippen LogP contribution in [0.1, 0.15) is 24.4 Å². The highest BCUT2D eigenvalue weighted by Crippen LogP contribution is 2.31. The molecule has 24 heavy (non-hydrogen) atoms. The third kappa shape index (κ3) is 4.61. The molecule has 132 valence electrons. The fourth-order valence-corrected chi connectivity index (χ4v) is 3.35. The molecule has 0 bridgehead atoms. The molecule has 1 atom stereocenters. The van der Waals surface area contributed by atoms with E-state index in [4.69, 9.17) is 10.5 Å². The van der Waals surface area contributed by atoms with Crippen LogP contribution in [0.25, 0.3) is 0 Å². The van der Waals surface area contributed by atoms with Gasteiger partial charge in [0.25, 0.3) is 0 Å². The van der Waals surface area contributed by atoms with Crippen molar-refractivity contribution in [2.75, 3.05) is 52.9 Å². The van der Waals surface area contributed by atoms with Crippen molar-refractivity contribution in [3.63, 3.8) is 0 Å². The zero-order chi connectivity index (χ0) is 16.8. The van der Waals surface area contributed by atoms with Crippen LogP contribution in [0, 0.1) is 0 Å². The van der Waals surface area contributed by atoms with Crippen LogP contribution < -0.4 is 15.8 Å². The number of para-hydroxylation sites is 1. The molecule has 1 unspecified atom stereocenters. The maximum atomic E-state index is 6.10. The molecule has 1 aromatic rings. The number of guanidine groups is 1. The van der Waals surface area contributed by atoms with Crippen molar-refractivity contribution < 1.29 is 4.74 Å². The van der Waals surface area contributed by atoms with Crippen LogP contribution in [-0.4, -0.2) is 68.7 Å². The largest absolute Gasteiger partial charge is 0.493 e. The Balaban J connectivity index is 1.48. The molecule has 0 spiro atoms. The van der Waals surface area contributed by atoms with Crippen LogP contribution in [0.4, 0.5) is 0 Å². The average molecular weight is 331 g/mol. The maximum Gasteiger partial charge on any atom is 0.189 e. The zero-order valence-electron chi connectivity index (χ0n) is 14.6. The van der Waals surface area contributed by atoms with Crippen LogP contribution >= 0.6 is 0 Å². The number of fused-ring (bicyclic) bond motifs is 1. The van der Waals surface area contributed by atoms with E-state index in [0.717, 1.165) is 50.5 Å². The van der Waals surface area contributed by atoms with Crippen LogP contribution in [0.2, 0.25) is 0 Å². The van der Waals surface area contributed by atoms with Gasteiger partial charge in [-0.05, 0) is 32.6 Å². The summed E-state index contributed by atoms with van der Waals surface area (Å²) >= 11 is 0. The number of ether oxygens (including phenoxy) is 1. The molecular weight excluding hydrogens is 302 g/mol. The average Bonchev–Trinajstić information content (AvgIpc) is 2.80. The van der Waals surface area contributed by atoms with Gasteiger partial charge in [0, 0.05) is 31.6 Å². The first-order chi connectivity index (χ1) is 11.7. The van der Waals surface area contributed by atoms with E-state index in [1.165, 1.54) is 13.0 Å². The van der Waals surface area contributed by atoms with Gasteiger partial charge in [-0.3, -0.25) is 4.99 Å². The highest BCUT2D eigenvalue weighted by molar-refractivity contribution is 5.78. The summed E-state index contributed by atoms with van der Waals surface area (Å²) in [5.74, 6) is 1.48. The van der Waals surface area contributed by atoms with E-state index in [1.54, 1.807) is 0 Å². The molecular formula is C18H29N5O. The summed E-state index contributed by atoms with van der Waals surface area (Å²) in [7, 11) is 2.19. The van der Waals surface area contributed by atoms with Crippen LogP contribution in [-0.2, 0) is 0 Å². The van der Waals surface area contributed by atoms with E-state index in [1.807, 2.05) is 18.2 Å². The number of nitrogens with one attached hydrogen (secondary N) is 1. The standard InChI is InChI=1S/C18H29N5O/c1-22-9-4-10-23(13-12-22)11-8-20-18(19)21-16-7-14-24-17-6-3-2-5-15(16)17/h2-3,5-6,16H,4,7-14H2,1H3,(H3,19,20,21). The van der Waals surface area contributed by atoms with Gasteiger partial charge in [0.15, 0.2) is 5.96 Å². The SMILES string of the molecule is CN1CCCN(CCN=C(N)NC2CCOc3ccccc32)CC1. The van der Waals surface area contributed by atoms with E-state index in [9.17, 15) is 0 Å². The van der Waals surface area contributed by atoms with Crippen LogP contribution in [0.15, 0.2) is 29.3 Å². The van der Waals surface area contributed by atoms with Gasteiger partial charge in [-0.15, -0.1) is 0 Å². The van der Waals surface area contributed by atoms with E-state index in [2.05, 4.69) is 33.2 Å². The van der Waals surface area contributed by atoms with Crippen molar-refractivity contribution in [2.45, 2.75) is 18.9 Å². The van der Waals surface area contributed by atoms with E-state index >= 15 is 0 Å². The summed E-state index contributed by atoms with van der Waals surface area (Å²) in [6.07, 6.45) is 2.14. The number of hydrogen-bond acceptors (Lipinski definition) is 4. The number of likely N-dealkylation sites (N-methyl/N-ethyl adjacent to an activating group) is 1. The minimum Gasteiger partial charge on any atom is -0.493 e. The van der Waals surface area contributed by atoms with E-state index in [-0.39, 0.29) is 6.04 Å². The minimum atomic E-state index is 0.186. The monoisotopic (exact) mass is 331 g/mol. The predicted octanol–water partition coefficient (Wildman–Crippen LogP) is 1.05. The van der Waals surface area contributed by atoms with E-state index < -0.39 is 0 Å². The molecule has 6 heteroatoms. The molecule has 6 nitrogen and oxygen atoms in total. The smallest absolute Gasteiger partial charge is 0.189 e. The van der Waals surface area contributed by atoms with Gasteiger partial charge < -0.3 is 25.6 Å². The lowest BCUT2D eigenvalue weighted by atomic mass is 10.0. The minimum absolute atomic E-state index is 0.186. The molecule has 0 aromatic heterocycles. The summed E-state index contributed by atoms with van der Waals surface area (Å²) in [5, 5.41) is 3.35. The summed E-state index contributed by atoms with van der Waals surface area (Å²) in [6, 6.07) is 8.31. The van der Waals surface area contributed by atoms with E-state index in [0.29, 0.717) is 12.6 Å². The van der Waals surface area contributed by atoms with Gasteiger partial charge >= 0.3 is 0 Å².